The molecule has 0 saturated carbocycles. The largest absolute Gasteiger partial charge is 0.466 e. The average Bonchev–Trinajstić information content (AvgIpc) is 2.96. The summed E-state index contributed by atoms with van der Waals surface area (Å²) in [4.78, 5) is 23.1. The zero-order valence-corrected chi connectivity index (χ0v) is 14.8. The Morgan fingerprint density at radius 2 is 2.16 bits per heavy atom. The van der Waals surface area contributed by atoms with Crippen molar-refractivity contribution in [2.75, 3.05) is 13.7 Å². The van der Waals surface area contributed by atoms with E-state index in [2.05, 4.69) is 27.2 Å². The second-order valence-corrected chi connectivity index (χ2v) is 6.02. The molecule has 2 rings (SSSR count). The van der Waals surface area contributed by atoms with Crippen LogP contribution in [0.5, 0.6) is 0 Å². The standard InChI is InChI=1S/C17H19N3O4S/c1-3-8-24-11-13-7-5-4-6-12(13)10-18-20-17-19-16(22)14(25-17)9-15(21)23-2/h4-7,9-10H,3,8,11H2,1-2H3,(H,19,20,22)/b14-9+,18-10?. The van der Waals surface area contributed by atoms with Gasteiger partial charge in [0.15, 0.2) is 5.17 Å². The van der Waals surface area contributed by atoms with Crippen molar-refractivity contribution >= 4 is 35.0 Å². The molecule has 1 aliphatic heterocycles. The fraction of sp³-hybridized carbons (Fsp3) is 0.294. The summed E-state index contributed by atoms with van der Waals surface area (Å²) < 4.78 is 10.1. The van der Waals surface area contributed by atoms with Gasteiger partial charge in [0, 0.05) is 18.2 Å². The van der Waals surface area contributed by atoms with Gasteiger partial charge < -0.3 is 9.47 Å². The first kappa shape index (κ1) is 18.9. The van der Waals surface area contributed by atoms with E-state index < -0.39 is 11.9 Å². The molecule has 0 atom stereocenters. The number of hydrogen-bond donors (Lipinski definition) is 1. The molecule has 0 spiro atoms. The molecule has 7 nitrogen and oxygen atoms in total. The maximum Gasteiger partial charge on any atom is 0.331 e. The highest BCUT2D eigenvalue weighted by molar-refractivity contribution is 8.18. The Hall–Kier alpha value is -2.45. The smallest absolute Gasteiger partial charge is 0.331 e. The molecule has 1 aromatic rings. The van der Waals surface area contributed by atoms with Gasteiger partial charge in [0.1, 0.15) is 0 Å². The van der Waals surface area contributed by atoms with Crippen LogP contribution in [0, 0.1) is 0 Å². The number of rotatable bonds is 7. The van der Waals surface area contributed by atoms with Crippen molar-refractivity contribution in [1.82, 2.24) is 5.32 Å². The average molecular weight is 361 g/mol. The molecule has 0 unspecified atom stereocenters. The van der Waals surface area contributed by atoms with Crippen molar-refractivity contribution in [1.29, 1.82) is 0 Å². The Balaban J connectivity index is 2.03. The minimum Gasteiger partial charge on any atom is -0.466 e. The van der Waals surface area contributed by atoms with E-state index in [1.165, 1.54) is 7.11 Å². The van der Waals surface area contributed by atoms with Gasteiger partial charge in [-0.1, -0.05) is 31.2 Å². The first-order chi connectivity index (χ1) is 12.1. The Labute approximate surface area is 150 Å². The van der Waals surface area contributed by atoms with Crippen LogP contribution in [0.4, 0.5) is 0 Å². The molecule has 0 aliphatic carbocycles. The molecule has 8 heteroatoms. The first-order valence-electron chi connectivity index (χ1n) is 7.69. The number of methoxy groups -OCH3 is 1. The van der Waals surface area contributed by atoms with E-state index in [4.69, 9.17) is 4.74 Å². The van der Waals surface area contributed by atoms with Gasteiger partial charge in [0.05, 0.1) is 24.8 Å². The molecular weight excluding hydrogens is 342 g/mol. The molecule has 1 amide bonds. The summed E-state index contributed by atoms with van der Waals surface area (Å²) in [6.07, 6.45) is 3.68. The van der Waals surface area contributed by atoms with Crippen LogP contribution in [0.25, 0.3) is 0 Å². The quantitative estimate of drug-likeness (QED) is 0.264. The molecule has 1 N–H and O–H groups in total. The summed E-state index contributed by atoms with van der Waals surface area (Å²) >= 11 is 1.03. The lowest BCUT2D eigenvalue weighted by Crippen LogP contribution is -2.19. The molecule has 1 saturated heterocycles. The molecule has 25 heavy (non-hydrogen) atoms. The van der Waals surface area contributed by atoms with Crippen molar-refractivity contribution < 1.29 is 19.1 Å². The van der Waals surface area contributed by atoms with E-state index in [1.54, 1.807) is 6.21 Å². The number of thioether (sulfide) groups is 1. The van der Waals surface area contributed by atoms with Crippen LogP contribution in [-0.4, -0.2) is 37.0 Å². The van der Waals surface area contributed by atoms with Crippen molar-refractivity contribution in [3.05, 3.63) is 46.4 Å². The van der Waals surface area contributed by atoms with Gasteiger partial charge in [-0.3, -0.25) is 10.1 Å². The van der Waals surface area contributed by atoms with Gasteiger partial charge in [-0.25, -0.2) is 4.79 Å². The van der Waals surface area contributed by atoms with Gasteiger partial charge >= 0.3 is 5.97 Å². The van der Waals surface area contributed by atoms with E-state index in [0.717, 1.165) is 35.4 Å². The number of nitrogens with zero attached hydrogens (tertiary/aromatic N) is 2. The Kier molecular flexibility index (Phi) is 7.36. The Morgan fingerprint density at radius 3 is 2.92 bits per heavy atom. The van der Waals surface area contributed by atoms with Crippen molar-refractivity contribution in [3.8, 4) is 0 Å². The summed E-state index contributed by atoms with van der Waals surface area (Å²) in [5.41, 5.74) is 1.90. The van der Waals surface area contributed by atoms with Crippen LogP contribution in [0.15, 0.2) is 45.4 Å². The summed E-state index contributed by atoms with van der Waals surface area (Å²) in [6.45, 7) is 3.26. The summed E-state index contributed by atoms with van der Waals surface area (Å²) in [5.74, 6) is -0.999. The second kappa shape index (κ2) is 9.75. The maximum atomic E-state index is 11.7. The number of amidine groups is 1. The fourth-order valence-electron chi connectivity index (χ4n) is 1.90. The van der Waals surface area contributed by atoms with Crippen LogP contribution in [-0.2, 0) is 25.7 Å². The van der Waals surface area contributed by atoms with E-state index >= 15 is 0 Å². The normalized spacial score (nSPS) is 17.4. The van der Waals surface area contributed by atoms with Gasteiger partial charge in [-0.15, -0.1) is 5.10 Å². The van der Waals surface area contributed by atoms with E-state index in [1.807, 2.05) is 24.3 Å². The number of ether oxygens (including phenoxy) is 2. The van der Waals surface area contributed by atoms with E-state index in [0.29, 0.717) is 18.4 Å². The lowest BCUT2D eigenvalue weighted by molar-refractivity contribution is -0.135. The Bertz CT molecular complexity index is 728. The third-order valence-corrected chi connectivity index (χ3v) is 4.01. The highest BCUT2D eigenvalue weighted by Crippen LogP contribution is 2.23. The number of benzene rings is 1. The van der Waals surface area contributed by atoms with Crippen LogP contribution in [0.1, 0.15) is 24.5 Å². The SMILES string of the molecule is CCCOCc1ccccc1C=N/N=C1/NC(=O)/C(=C\C(=O)OC)S1. The minimum absolute atomic E-state index is 0.217. The molecule has 0 radical (unpaired) electrons. The van der Waals surface area contributed by atoms with Crippen molar-refractivity contribution in [2.45, 2.75) is 20.0 Å². The van der Waals surface area contributed by atoms with Gasteiger partial charge in [0.2, 0.25) is 0 Å². The lowest BCUT2D eigenvalue weighted by atomic mass is 10.1. The number of carbonyl (C=O) groups excluding carboxylic acids is 2. The summed E-state index contributed by atoms with van der Waals surface area (Å²) in [7, 11) is 1.25. The lowest BCUT2D eigenvalue weighted by Gasteiger charge is -2.05. The molecule has 1 fully saturated rings. The summed E-state index contributed by atoms with van der Waals surface area (Å²) in [6, 6.07) is 7.72. The van der Waals surface area contributed by atoms with Crippen LogP contribution < -0.4 is 5.32 Å². The van der Waals surface area contributed by atoms with Crippen molar-refractivity contribution in [3.63, 3.8) is 0 Å². The third kappa shape index (κ3) is 5.84. The van der Waals surface area contributed by atoms with Crippen LogP contribution >= 0.6 is 11.8 Å². The maximum absolute atomic E-state index is 11.7. The zero-order valence-electron chi connectivity index (χ0n) is 14.0. The molecule has 1 aliphatic rings. The number of carbonyl (C=O) groups is 2. The van der Waals surface area contributed by atoms with Crippen LogP contribution in [0.3, 0.4) is 0 Å². The predicted molar refractivity (Wildman–Crippen MR) is 97.3 cm³/mol. The molecule has 1 aromatic carbocycles. The predicted octanol–water partition coefficient (Wildman–Crippen LogP) is 2.22. The van der Waals surface area contributed by atoms with Gasteiger partial charge in [0.25, 0.3) is 5.91 Å². The first-order valence-corrected chi connectivity index (χ1v) is 8.51. The highest BCUT2D eigenvalue weighted by atomic mass is 32.2. The summed E-state index contributed by atoms with van der Waals surface area (Å²) in [5, 5.41) is 10.8. The third-order valence-electron chi connectivity index (χ3n) is 3.11. The molecule has 0 aromatic heterocycles. The van der Waals surface area contributed by atoms with Gasteiger partial charge in [-0.05, 0) is 23.7 Å². The van der Waals surface area contributed by atoms with Crippen LogP contribution in [0.2, 0.25) is 0 Å². The van der Waals surface area contributed by atoms with Crippen molar-refractivity contribution in [2.24, 2.45) is 10.2 Å². The van der Waals surface area contributed by atoms with Gasteiger partial charge in [-0.2, -0.15) is 5.10 Å². The van der Waals surface area contributed by atoms with E-state index in [9.17, 15) is 9.59 Å². The molecule has 132 valence electrons. The minimum atomic E-state index is -0.594. The second-order valence-electron chi connectivity index (χ2n) is 4.99. The zero-order chi connectivity index (χ0) is 18.1. The number of nitrogens with one attached hydrogen (secondary N) is 1. The van der Waals surface area contributed by atoms with E-state index in [-0.39, 0.29) is 4.91 Å². The molecular formula is C17H19N3O4S. The monoisotopic (exact) mass is 361 g/mol. The number of esters is 1. The number of hydrogen-bond acceptors (Lipinski definition) is 7. The number of amides is 1. The molecule has 1 heterocycles. The fourth-order valence-corrected chi connectivity index (χ4v) is 2.64. The highest BCUT2D eigenvalue weighted by Gasteiger charge is 2.24. The Morgan fingerprint density at radius 1 is 1.36 bits per heavy atom. The topological polar surface area (TPSA) is 89.4 Å². The molecule has 0 bridgehead atoms.